The fraction of sp³-hybridized carbons (Fsp3) is 0.357. The topological polar surface area (TPSA) is 33.1 Å². The van der Waals surface area contributed by atoms with Gasteiger partial charge in [0.2, 0.25) is 0 Å². The van der Waals surface area contributed by atoms with Gasteiger partial charge in [-0.05, 0) is 37.0 Å². The summed E-state index contributed by atoms with van der Waals surface area (Å²) in [7, 11) is 0. The van der Waals surface area contributed by atoms with E-state index in [1.165, 1.54) is 5.56 Å². The molecule has 0 radical (unpaired) electrons. The van der Waals surface area contributed by atoms with E-state index < -0.39 is 0 Å². The van der Waals surface area contributed by atoms with Crippen molar-refractivity contribution < 1.29 is 5.11 Å². The number of phenolic OH excluding ortho intramolecular Hbond substituents is 1. The molecule has 0 saturated carbocycles. The van der Waals surface area contributed by atoms with Gasteiger partial charge in [-0.25, -0.2) is 4.98 Å². The van der Waals surface area contributed by atoms with Crippen LogP contribution in [0.5, 0.6) is 5.75 Å². The van der Waals surface area contributed by atoms with E-state index in [2.05, 4.69) is 24.9 Å². The SMILES string of the molecule is Cc1ccc2c(CC(C)C)ccc(O)c2n1. The molecule has 0 aliphatic heterocycles. The number of rotatable bonds is 2. The van der Waals surface area contributed by atoms with E-state index in [4.69, 9.17) is 0 Å². The third-order valence-electron chi connectivity index (χ3n) is 2.69. The van der Waals surface area contributed by atoms with Crippen molar-refractivity contribution in [3.05, 3.63) is 35.5 Å². The third-order valence-corrected chi connectivity index (χ3v) is 2.69. The zero-order chi connectivity index (χ0) is 11.7. The number of pyridine rings is 1. The Labute approximate surface area is 96.0 Å². The molecule has 2 aromatic rings. The van der Waals surface area contributed by atoms with Crippen molar-refractivity contribution in [2.75, 3.05) is 0 Å². The van der Waals surface area contributed by atoms with Crippen molar-refractivity contribution in [3.63, 3.8) is 0 Å². The van der Waals surface area contributed by atoms with E-state index in [-0.39, 0.29) is 5.75 Å². The van der Waals surface area contributed by atoms with Crippen molar-refractivity contribution in [3.8, 4) is 5.75 Å². The molecular weight excluding hydrogens is 198 g/mol. The van der Waals surface area contributed by atoms with Crippen LogP contribution in [0.25, 0.3) is 10.9 Å². The molecule has 0 atom stereocenters. The summed E-state index contributed by atoms with van der Waals surface area (Å²) in [5.41, 5.74) is 2.91. The molecule has 0 saturated heterocycles. The number of hydrogen-bond acceptors (Lipinski definition) is 2. The van der Waals surface area contributed by atoms with Crippen LogP contribution in [-0.4, -0.2) is 10.1 Å². The van der Waals surface area contributed by atoms with Gasteiger partial charge in [0.25, 0.3) is 0 Å². The molecule has 0 amide bonds. The van der Waals surface area contributed by atoms with Gasteiger partial charge >= 0.3 is 0 Å². The zero-order valence-corrected chi connectivity index (χ0v) is 9.99. The molecule has 1 aromatic carbocycles. The standard InChI is InChI=1S/C14H17NO/c1-9(2)8-11-5-7-13(16)14-12(11)6-4-10(3)15-14/h4-7,9,16H,8H2,1-3H3. The van der Waals surface area contributed by atoms with Gasteiger partial charge in [0, 0.05) is 11.1 Å². The van der Waals surface area contributed by atoms with Crippen LogP contribution in [0.15, 0.2) is 24.3 Å². The lowest BCUT2D eigenvalue weighted by molar-refractivity contribution is 0.480. The third kappa shape index (κ3) is 2.01. The Morgan fingerprint density at radius 1 is 1.19 bits per heavy atom. The summed E-state index contributed by atoms with van der Waals surface area (Å²) in [5, 5.41) is 10.9. The molecule has 0 fully saturated rings. The molecule has 16 heavy (non-hydrogen) atoms. The predicted octanol–water partition coefficient (Wildman–Crippen LogP) is 3.45. The first-order valence-corrected chi connectivity index (χ1v) is 5.66. The number of aryl methyl sites for hydroxylation is 1. The van der Waals surface area contributed by atoms with Gasteiger partial charge in [0.15, 0.2) is 0 Å². The molecule has 0 spiro atoms. The van der Waals surface area contributed by atoms with Crippen LogP contribution in [0.3, 0.4) is 0 Å². The summed E-state index contributed by atoms with van der Waals surface area (Å²) in [4.78, 5) is 4.39. The summed E-state index contributed by atoms with van der Waals surface area (Å²) in [5.74, 6) is 0.875. The summed E-state index contributed by atoms with van der Waals surface area (Å²) in [6.07, 6.45) is 1.02. The number of hydrogen-bond donors (Lipinski definition) is 1. The van der Waals surface area contributed by atoms with Crippen LogP contribution < -0.4 is 0 Å². The molecule has 2 nitrogen and oxygen atoms in total. The molecule has 0 bridgehead atoms. The lowest BCUT2D eigenvalue weighted by atomic mass is 9.98. The molecule has 1 N–H and O–H groups in total. The van der Waals surface area contributed by atoms with Crippen LogP contribution in [0.4, 0.5) is 0 Å². The fourth-order valence-corrected chi connectivity index (χ4v) is 1.98. The molecule has 1 aromatic heterocycles. The molecule has 84 valence electrons. The van der Waals surface area contributed by atoms with Gasteiger partial charge in [-0.1, -0.05) is 26.0 Å². The monoisotopic (exact) mass is 215 g/mol. The first-order valence-electron chi connectivity index (χ1n) is 5.66. The Kier molecular flexibility index (Phi) is 2.82. The van der Waals surface area contributed by atoms with E-state index >= 15 is 0 Å². The minimum absolute atomic E-state index is 0.270. The van der Waals surface area contributed by atoms with Crippen LogP contribution in [0, 0.1) is 12.8 Å². The minimum atomic E-state index is 0.270. The number of nitrogens with zero attached hydrogens (tertiary/aromatic N) is 1. The lowest BCUT2D eigenvalue weighted by Gasteiger charge is -2.10. The number of benzene rings is 1. The second-order valence-corrected chi connectivity index (χ2v) is 4.69. The van der Waals surface area contributed by atoms with Gasteiger partial charge in [0.05, 0.1) is 0 Å². The largest absolute Gasteiger partial charge is 0.506 e. The van der Waals surface area contributed by atoms with Gasteiger partial charge in [-0.2, -0.15) is 0 Å². The fourth-order valence-electron chi connectivity index (χ4n) is 1.98. The Bertz CT molecular complexity index is 517. The quantitative estimate of drug-likeness (QED) is 0.832. The van der Waals surface area contributed by atoms with Crippen LogP contribution in [0.1, 0.15) is 25.1 Å². The van der Waals surface area contributed by atoms with Crippen molar-refractivity contribution >= 4 is 10.9 Å². The highest BCUT2D eigenvalue weighted by molar-refractivity contribution is 5.87. The van der Waals surface area contributed by atoms with Crippen molar-refractivity contribution in [1.29, 1.82) is 0 Å². The molecule has 1 heterocycles. The average Bonchev–Trinajstić information content (AvgIpc) is 2.22. The van der Waals surface area contributed by atoms with Crippen LogP contribution in [0.2, 0.25) is 0 Å². The normalized spacial score (nSPS) is 11.2. The molecule has 0 aliphatic rings. The highest BCUT2D eigenvalue weighted by Gasteiger charge is 2.08. The van der Waals surface area contributed by atoms with Crippen molar-refractivity contribution in [2.45, 2.75) is 27.2 Å². The highest BCUT2D eigenvalue weighted by Crippen LogP contribution is 2.27. The number of aromatic nitrogens is 1. The van der Waals surface area contributed by atoms with E-state index in [1.807, 2.05) is 19.1 Å². The van der Waals surface area contributed by atoms with Crippen molar-refractivity contribution in [1.82, 2.24) is 4.98 Å². The predicted molar refractivity (Wildman–Crippen MR) is 66.7 cm³/mol. The first-order chi connectivity index (χ1) is 7.58. The number of phenols is 1. The average molecular weight is 215 g/mol. The van der Waals surface area contributed by atoms with Crippen molar-refractivity contribution in [2.24, 2.45) is 5.92 Å². The smallest absolute Gasteiger partial charge is 0.141 e. The highest BCUT2D eigenvalue weighted by atomic mass is 16.3. The number of fused-ring (bicyclic) bond motifs is 1. The summed E-state index contributed by atoms with van der Waals surface area (Å²) in [6, 6.07) is 7.78. The summed E-state index contributed by atoms with van der Waals surface area (Å²) < 4.78 is 0. The summed E-state index contributed by atoms with van der Waals surface area (Å²) >= 11 is 0. The van der Waals surface area contributed by atoms with E-state index in [0.717, 1.165) is 23.0 Å². The Morgan fingerprint density at radius 3 is 2.62 bits per heavy atom. The van der Waals surface area contributed by atoms with Crippen LogP contribution in [-0.2, 0) is 6.42 Å². The maximum Gasteiger partial charge on any atom is 0.141 e. The number of aromatic hydroxyl groups is 1. The second kappa shape index (κ2) is 4.12. The van der Waals surface area contributed by atoms with Crippen LogP contribution >= 0.6 is 0 Å². The first kappa shape index (κ1) is 10.9. The van der Waals surface area contributed by atoms with E-state index in [0.29, 0.717) is 5.92 Å². The Hall–Kier alpha value is -1.57. The molecule has 0 aliphatic carbocycles. The molecule has 2 rings (SSSR count). The van der Waals surface area contributed by atoms with Gasteiger partial charge in [-0.15, -0.1) is 0 Å². The minimum Gasteiger partial charge on any atom is -0.506 e. The molecule has 0 unspecified atom stereocenters. The molecular formula is C14H17NO. The Morgan fingerprint density at radius 2 is 1.94 bits per heavy atom. The maximum atomic E-state index is 9.79. The molecule has 2 heteroatoms. The zero-order valence-electron chi connectivity index (χ0n) is 9.99. The van der Waals surface area contributed by atoms with Gasteiger partial charge < -0.3 is 5.11 Å². The van der Waals surface area contributed by atoms with E-state index in [9.17, 15) is 5.11 Å². The second-order valence-electron chi connectivity index (χ2n) is 4.69. The van der Waals surface area contributed by atoms with Gasteiger partial charge in [-0.3, -0.25) is 0 Å². The lowest BCUT2D eigenvalue weighted by Crippen LogP contribution is -1.96. The maximum absolute atomic E-state index is 9.79. The van der Waals surface area contributed by atoms with E-state index in [1.54, 1.807) is 6.07 Å². The van der Waals surface area contributed by atoms with Gasteiger partial charge in [0.1, 0.15) is 11.3 Å². The Balaban J connectivity index is 2.64. The summed E-state index contributed by atoms with van der Waals surface area (Å²) in [6.45, 7) is 6.33.